The third-order valence-electron chi connectivity index (χ3n) is 11.8. The molecule has 0 aromatic heterocycles. The van der Waals surface area contributed by atoms with Crippen LogP contribution in [0.25, 0.3) is 0 Å². The van der Waals surface area contributed by atoms with E-state index >= 15 is 0 Å². The van der Waals surface area contributed by atoms with Crippen molar-refractivity contribution in [1.82, 2.24) is 25.2 Å². The smallest absolute Gasteiger partial charge is 0.410 e. The van der Waals surface area contributed by atoms with Crippen molar-refractivity contribution in [3.05, 3.63) is 34.9 Å². The van der Waals surface area contributed by atoms with Gasteiger partial charge in [0.15, 0.2) is 0 Å². The number of aryl methyl sites for hydroxylation is 1. The van der Waals surface area contributed by atoms with E-state index in [-0.39, 0.29) is 37.3 Å². The summed E-state index contributed by atoms with van der Waals surface area (Å²) in [5, 5.41) is 4.98. The minimum absolute atomic E-state index is 0.0906. The Labute approximate surface area is 318 Å². The Morgan fingerprint density at radius 1 is 1.02 bits per heavy atom. The Morgan fingerprint density at radius 2 is 1.72 bits per heavy atom. The highest BCUT2D eigenvalue weighted by Crippen LogP contribution is 2.47. The van der Waals surface area contributed by atoms with Crippen molar-refractivity contribution < 1.29 is 41.9 Å². The molecule has 15 heteroatoms. The van der Waals surface area contributed by atoms with E-state index in [0.717, 1.165) is 36.8 Å². The fraction of sp³-hybridized carbons (Fsp3) is 0.718. The third-order valence-corrected chi connectivity index (χ3v) is 13.6. The highest BCUT2D eigenvalue weighted by atomic mass is 32.2. The van der Waals surface area contributed by atoms with Crippen molar-refractivity contribution in [3.63, 3.8) is 0 Å². The van der Waals surface area contributed by atoms with Gasteiger partial charge < -0.3 is 25.0 Å². The van der Waals surface area contributed by atoms with Crippen LogP contribution in [0, 0.1) is 16.7 Å². The number of nitrogens with one attached hydrogen (secondary N) is 3. The summed E-state index contributed by atoms with van der Waals surface area (Å²) in [6.45, 7) is 13.7. The maximum atomic E-state index is 14.6. The number of fused-ring (bicyclic) bond motifs is 3. The van der Waals surface area contributed by atoms with Gasteiger partial charge in [-0.3, -0.25) is 24.0 Å². The second kappa shape index (κ2) is 14.3. The molecule has 1 aromatic rings. The molecule has 5 amide bonds. The van der Waals surface area contributed by atoms with Gasteiger partial charge in [-0.2, -0.15) is 0 Å². The van der Waals surface area contributed by atoms with Crippen LogP contribution in [0.4, 0.5) is 9.59 Å². The number of sulfonamides is 1. The summed E-state index contributed by atoms with van der Waals surface area (Å²) in [6.07, 6.45) is 3.73. The minimum Gasteiger partial charge on any atom is -0.449 e. The van der Waals surface area contributed by atoms with Crippen LogP contribution in [-0.2, 0) is 53.4 Å². The number of alkyl carbamates (subject to hydrolysis) is 1. The molecule has 3 aliphatic heterocycles. The molecule has 1 saturated heterocycles. The number of cyclic esters (lactones) is 1. The second-order valence-corrected chi connectivity index (χ2v) is 20.2. The van der Waals surface area contributed by atoms with Crippen LogP contribution in [0.1, 0.15) is 117 Å². The molecule has 5 aliphatic rings. The first-order valence-corrected chi connectivity index (χ1v) is 20.9. The van der Waals surface area contributed by atoms with Gasteiger partial charge in [-0.05, 0) is 78.9 Å². The summed E-state index contributed by atoms with van der Waals surface area (Å²) < 4.78 is 39.6. The first kappa shape index (κ1) is 39.8. The van der Waals surface area contributed by atoms with E-state index in [1.807, 2.05) is 32.9 Å². The van der Waals surface area contributed by atoms with E-state index < -0.39 is 73.8 Å². The van der Waals surface area contributed by atoms with E-state index in [1.165, 1.54) is 10.5 Å². The molecular formula is C39H57N5O9S. The summed E-state index contributed by atoms with van der Waals surface area (Å²) in [4.78, 5) is 72.7. The van der Waals surface area contributed by atoms with Gasteiger partial charge in [0.05, 0.1) is 18.4 Å². The van der Waals surface area contributed by atoms with Crippen LogP contribution in [0.2, 0.25) is 0 Å². The summed E-state index contributed by atoms with van der Waals surface area (Å²) in [7, 11) is -3.89. The molecule has 2 saturated carbocycles. The van der Waals surface area contributed by atoms with Gasteiger partial charge in [0.25, 0.3) is 5.91 Å². The predicted molar refractivity (Wildman–Crippen MR) is 199 cm³/mol. The molecule has 0 unspecified atom stereocenters. The van der Waals surface area contributed by atoms with Gasteiger partial charge in [-0.1, -0.05) is 72.6 Å². The van der Waals surface area contributed by atoms with Crippen LogP contribution < -0.4 is 15.4 Å². The van der Waals surface area contributed by atoms with Gasteiger partial charge in [-0.15, -0.1) is 0 Å². The number of nitrogens with zero attached hydrogens (tertiary/aromatic N) is 2. The lowest BCUT2D eigenvalue weighted by atomic mass is 9.85. The van der Waals surface area contributed by atoms with Crippen molar-refractivity contribution in [3.8, 4) is 0 Å². The zero-order valence-electron chi connectivity index (χ0n) is 32.7. The second-order valence-electron chi connectivity index (χ2n) is 18.3. The largest absolute Gasteiger partial charge is 0.449 e. The average molecular weight is 772 g/mol. The van der Waals surface area contributed by atoms with E-state index in [1.54, 1.807) is 32.6 Å². The quantitative estimate of drug-likeness (QED) is 0.381. The predicted octanol–water partition coefficient (Wildman–Crippen LogP) is 4.29. The molecule has 298 valence electrons. The van der Waals surface area contributed by atoms with Gasteiger partial charge in [0.2, 0.25) is 21.8 Å². The lowest BCUT2D eigenvalue weighted by Gasteiger charge is -2.36. The first-order valence-electron chi connectivity index (χ1n) is 19.4. The Morgan fingerprint density at radius 3 is 2.37 bits per heavy atom. The molecule has 4 bridgehead atoms. The Balaban J connectivity index is 1.31. The zero-order chi connectivity index (χ0) is 39.4. The van der Waals surface area contributed by atoms with Crippen molar-refractivity contribution in [2.45, 2.75) is 148 Å². The number of hydrogen-bond acceptors (Lipinski definition) is 9. The van der Waals surface area contributed by atoms with E-state index in [0.29, 0.717) is 32.4 Å². The van der Waals surface area contributed by atoms with E-state index in [4.69, 9.17) is 9.47 Å². The zero-order valence-corrected chi connectivity index (χ0v) is 33.5. The Kier molecular flexibility index (Phi) is 10.6. The van der Waals surface area contributed by atoms with Crippen LogP contribution in [0.3, 0.4) is 0 Å². The van der Waals surface area contributed by atoms with Gasteiger partial charge in [0, 0.05) is 19.5 Å². The summed E-state index contributed by atoms with van der Waals surface area (Å²) in [6, 6.07) is 3.76. The van der Waals surface area contributed by atoms with Crippen LogP contribution >= 0.6 is 0 Å². The molecule has 6 rings (SSSR count). The van der Waals surface area contributed by atoms with Crippen molar-refractivity contribution >= 4 is 39.9 Å². The summed E-state index contributed by atoms with van der Waals surface area (Å²) in [5.74, 6) is -2.36. The normalized spacial score (nSPS) is 30.5. The van der Waals surface area contributed by atoms with Crippen molar-refractivity contribution in [2.24, 2.45) is 16.7 Å². The highest BCUT2D eigenvalue weighted by molar-refractivity contribution is 7.91. The number of ether oxygens (including phenoxy) is 2. The average Bonchev–Trinajstić information content (AvgIpc) is 3.99. The minimum atomic E-state index is -3.89. The summed E-state index contributed by atoms with van der Waals surface area (Å²) >= 11 is 0. The monoisotopic (exact) mass is 771 g/mol. The number of hydrogen-bond donors (Lipinski definition) is 3. The van der Waals surface area contributed by atoms with Gasteiger partial charge >= 0.3 is 12.2 Å². The molecule has 0 spiro atoms. The molecule has 2 aliphatic carbocycles. The maximum Gasteiger partial charge on any atom is 0.410 e. The summed E-state index contributed by atoms with van der Waals surface area (Å²) in [5.41, 5.74) is -0.623. The molecule has 0 radical (unpaired) electrons. The first-order chi connectivity index (χ1) is 25.2. The van der Waals surface area contributed by atoms with Crippen molar-refractivity contribution in [2.75, 3.05) is 13.2 Å². The number of carbonyl (C=O) groups is 5. The number of benzene rings is 1. The van der Waals surface area contributed by atoms with Crippen LogP contribution in [-0.4, -0.2) is 89.8 Å². The number of carbonyl (C=O) groups excluding carboxylic acids is 5. The van der Waals surface area contributed by atoms with Gasteiger partial charge in [0.1, 0.15) is 23.2 Å². The molecule has 3 heterocycles. The number of amides is 5. The molecule has 3 N–H and O–H groups in total. The molecule has 54 heavy (non-hydrogen) atoms. The number of rotatable bonds is 6. The highest BCUT2D eigenvalue weighted by Gasteiger charge is 2.63. The molecule has 5 atom stereocenters. The molecule has 14 nitrogen and oxygen atoms in total. The molecule has 1 aromatic carbocycles. The Hall–Kier alpha value is -3.88. The van der Waals surface area contributed by atoms with Gasteiger partial charge in [-0.25, -0.2) is 18.0 Å². The maximum absolute atomic E-state index is 14.6. The van der Waals surface area contributed by atoms with E-state index in [2.05, 4.69) is 21.4 Å². The van der Waals surface area contributed by atoms with E-state index in [9.17, 15) is 32.4 Å². The third kappa shape index (κ3) is 8.35. The molecular weight excluding hydrogens is 715 g/mol. The van der Waals surface area contributed by atoms with Crippen molar-refractivity contribution in [1.29, 1.82) is 0 Å². The fourth-order valence-electron chi connectivity index (χ4n) is 8.25. The lowest BCUT2D eigenvalue weighted by molar-refractivity contribution is -0.143. The SMILES string of the molecule is CC[C@@H]1C[C@]1(NC(=O)[C@@H]1C[C@]2(C)CN1C(=O)[C@@H](C(C)(C)C)NC(=O)OCC(C)(C)CCCCc1cccc3c1CN(C3)C(=O)O2)C(=O)NS(=O)(=O)C1CC1. The fourth-order valence-corrected chi connectivity index (χ4v) is 9.61. The van der Waals surface area contributed by atoms with Crippen LogP contribution in [0.15, 0.2) is 18.2 Å². The molecule has 3 fully saturated rings. The lowest BCUT2D eigenvalue weighted by Crippen LogP contribution is -2.60. The van der Waals surface area contributed by atoms with Crippen LogP contribution in [0.5, 0.6) is 0 Å². The Bertz CT molecular complexity index is 1800. The topological polar surface area (TPSA) is 181 Å². The standard InChI is InChI=1S/C39H57N5O9S/c1-8-26-18-39(26,33(47)42-54(50,51)27-15-16-27)41-31(45)29-19-38(7)22-44(29)32(46)30(36(2,3)4)40-34(48)52-23-37(5,6)17-10-9-12-24-13-11-14-25-20-43(21-28(24)25)35(49)53-38/h11,13-14,26-27,29-30H,8-10,12,15-23H2,1-7H3,(H,40,48)(H,41,45)(H,42,47)/t26-,29+,30+,38-,39-/m1/s1.